The van der Waals surface area contributed by atoms with Crippen molar-refractivity contribution in [2.45, 2.75) is 32.2 Å². The number of aromatic nitrogens is 1. The maximum absolute atomic E-state index is 12.7. The first kappa shape index (κ1) is 17.4. The lowest BCUT2D eigenvalue weighted by Gasteiger charge is -2.34. The quantitative estimate of drug-likeness (QED) is 0.640. The number of dihydropyridines is 1. The number of halogens is 3. The molecule has 2 unspecified atom stereocenters. The molecule has 0 fully saturated rings. The van der Waals surface area contributed by atoms with Gasteiger partial charge in [-0.05, 0) is 18.2 Å². The molecule has 22 heavy (non-hydrogen) atoms. The molecule has 1 N–H and O–H groups in total. The van der Waals surface area contributed by atoms with E-state index in [0.29, 0.717) is 5.03 Å². The zero-order chi connectivity index (χ0) is 16.5. The molecule has 0 saturated carbocycles. The number of hydrogen-bond donors (Lipinski definition) is 1. The summed E-state index contributed by atoms with van der Waals surface area (Å²) in [5, 5.41) is 1.82. The number of nitrogens with zero attached hydrogens (tertiary/aromatic N) is 1. The first-order chi connectivity index (χ1) is 10.1. The maximum Gasteiger partial charge on any atom is 0.241 e. The van der Waals surface area contributed by atoms with Gasteiger partial charge in [-0.25, -0.2) is 0 Å². The van der Waals surface area contributed by atoms with Gasteiger partial charge in [0.2, 0.25) is 5.18 Å². The molecule has 0 aromatic carbocycles. The molecule has 0 bridgehead atoms. The number of carbonyl (C=O) groups excluding carboxylic acids is 1. The highest BCUT2D eigenvalue weighted by Crippen LogP contribution is 2.34. The van der Waals surface area contributed by atoms with E-state index in [-0.39, 0.29) is 10.9 Å². The van der Waals surface area contributed by atoms with Crippen LogP contribution in [0.25, 0.3) is 0 Å². The van der Waals surface area contributed by atoms with Crippen molar-refractivity contribution in [3.05, 3.63) is 46.9 Å². The topological polar surface area (TPSA) is 43.3 Å². The predicted octanol–water partition coefficient (Wildman–Crippen LogP) is 4.32. The van der Waals surface area contributed by atoms with Crippen LogP contribution in [0, 0.1) is 5.41 Å². The Bertz CT molecular complexity index is 617. The van der Waals surface area contributed by atoms with Gasteiger partial charge < -0.3 is 14.6 Å². The van der Waals surface area contributed by atoms with Crippen molar-refractivity contribution in [1.82, 2.24) is 9.88 Å². The number of Topliss-reactive ketones (excluding diaryl/α,β-unsaturated/α-hetero) is 1. The summed E-state index contributed by atoms with van der Waals surface area (Å²) in [7, 11) is 0. The molecule has 1 aromatic rings. The minimum absolute atomic E-state index is 0.124. The van der Waals surface area contributed by atoms with Crippen LogP contribution in [0.2, 0.25) is 0 Å². The summed E-state index contributed by atoms with van der Waals surface area (Å²) in [4.78, 5) is 12.7. The third kappa shape index (κ3) is 4.07. The smallest absolute Gasteiger partial charge is 0.241 e. The number of alkyl halides is 1. The van der Waals surface area contributed by atoms with Crippen LogP contribution < -0.4 is 5.32 Å². The molecule has 1 aliphatic heterocycles. The summed E-state index contributed by atoms with van der Waals surface area (Å²) >= 11 is 18.3. The molecule has 1 aromatic heterocycles. The number of rotatable bonds is 4. The Kier molecular flexibility index (Phi) is 4.97. The lowest BCUT2D eigenvalue weighted by Crippen LogP contribution is -2.45. The highest BCUT2D eigenvalue weighted by atomic mass is 35.5. The van der Waals surface area contributed by atoms with Crippen LogP contribution in [-0.4, -0.2) is 15.5 Å². The van der Waals surface area contributed by atoms with Crippen LogP contribution in [0.4, 0.5) is 0 Å². The van der Waals surface area contributed by atoms with Crippen molar-refractivity contribution in [1.29, 1.82) is 0 Å². The van der Waals surface area contributed by atoms with E-state index in [4.69, 9.17) is 39.5 Å². The Balaban J connectivity index is 2.32. The van der Waals surface area contributed by atoms with E-state index in [1.54, 1.807) is 29.1 Å². The Hall–Kier alpha value is -0.940. The second-order valence-electron chi connectivity index (χ2n) is 6.01. The molecule has 2 heterocycles. The Morgan fingerprint density at radius 2 is 1.91 bits per heavy atom. The summed E-state index contributed by atoms with van der Waals surface area (Å²) in [5.74, 6) is -0.124. The number of hydrogen-bond acceptors (Lipinski definition) is 3. The van der Waals surface area contributed by atoms with Gasteiger partial charge in [0.25, 0.3) is 0 Å². The first-order valence-electron chi connectivity index (χ1n) is 6.68. The third-order valence-corrected chi connectivity index (χ3v) is 3.74. The fourth-order valence-electron chi connectivity index (χ4n) is 1.93. The van der Waals surface area contributed by atoms with Crippen molar-refractivity contribution >= 4 is 40.6 Å². The number of allylic oxidation sites excluding steroid dienone is 2. The first-order valence-corrected chi connectivity index (χ1v) is 7.81. The fraction of sp³-hybridized carbons (Fsp3) is 0.400. The number of ketones is 1. The van der Waals surface area contributed by atoms with E-state index in [1.165, 1.54) is 12.2 Å². The molecular weight excluding hydrogens is 347 g/mol. The molecule has 0 amide bonds. The highest BCUT2D eigenvalue weighted by Gasteiger charge is 2.39. The van der Waals surface area contributed by atoms with Crippen molar-refractivity contribution < 1.29 is 9.53 Å². The lowest BCUT2D eigenvalue weighted by molar-refractivity contribution is -0.152. The summed E-state index contributed by atoms with van der Waals surface area (Å²) in [6.07, 6.45) is 5.52. The van der Waals surface area contributed by atoms with Crippen LogP contribution >= 0.6 is 34.8 Å². The van der Waals surface area contributed by atoms with Crippen molar-refractivity contribution in [2.24, 2.45) is 5.41 Å². The summed E-state index contributed by atoms with van der Waals surface area (Å²) < 4.78 is 7.48. The molecule has 7 heteroatoms. The van der Waals surface area contributed by atoms with E-state index in [9.17, 15) is 4.79 Å². The zero-order valence-electron chi connectivity index (χ0n) is 12.4. The van der Waals surface area contributed by atoms with Crippen LogP contribution in [0.15, 0.2) is 46.9 Å². The molecule has 120 valence electrons. The maximum atomic E-state index is 12.7. The zero-order valence-corrected chi connectivity index (χ0v) is 14.7. The van der Waals surface area contributed by atoms with Crippen LogP contribution in [0.5, 0.6) is 0 Å². The van der Waals surface area contributed by atoms with Gasteiger partial charge in [0, 0.05) is 28.9 Å². The Morgan fingerprint density at radius 3 is 2.41 bits per heavy atom. The van der Waals surface area contributed by atoms with Gasteiger partial charge in [-0.3, -0.25) is 4.79 Å². The average Bonchev–Trinajstić information content (AvgIpc) is 2.85. The van der Waals surface area contributed by atoms with Crippen LogP contribution in [-0.2, 0) is 9.53 Å². The van der Waals surface area contributed by atoms with Crippen molar-refractivity contribution in [3.8, 4) is 0 Å². The standard InChI is InChI=1S/C15H17Cl3N2O2/c1-14(2,3)12(21)13(20-6-4-5-7-20)22-15(18)9-10(16)8-11(17)19-15/h4-9,13,19H,1-3H3. The van der Waals surface area contributed by atoms with Gasteiger partial charge in [-0.15, -0.1) is 0 Å². The monoisotopic (exact) mass is 362 g/mol. The third-order valence-electron chi connectivity index (χ3n) is 3.02. The van der Waals surface area contributed by atoms with Gasteiger partial charge in [0.05, 0.1) is 0 Å². The van der Waals surface area contributed by atoms with E-state index < -0.39 is 16.8 Å². The fourth-order valence-corrected chi connectivity index (χ4v) is 2.91. The summed E-state index contributed by atoms with van der Waals surface area (Å²) in [5.41, 5.74) is -0.607. The minimum atomic E-state index is -1.50. The number of ether oxygens (including phenoxy) is 1. The summed E-state index contributed by atoms with van der Waals surface area (Å²) in [6, 6.07) is 3.61. The molecular formula is C15H17Cl3N2O2. The molecule has 1 aliphatic rings. The SMILES string of the molecule is CC(C)(C)C(=O)C(OC1(Cl)C=C(Cl)C=C(Cl)N1)n1cccc1. The van der Waals surface area contributed by atoms with E-state index in [1.807, 2.05) is 20.8 Å². The second-order valence-corrected chi connectivity index (χ2v) is 7.41. The molecule has 0 radical (unpaired) electrons. The molecule has 0 spiro atoms. The molecule has 0 aliphatic carbocycles. The van der Waals surface area contributed by atoms with Crippen molar-refractivity contribution in [2.75, 3.05) is 0 Å². The largest absolute Gasteiger partial charge is 0.332 e. The molecule has 2 atom stereocenters. The molecule has 2 rings (SSSR count). The Morgan fingerprint density at radius 1 is 1.32 bits per heavy atom. The van der Waals surface area contributed by atoms with Gasteiger partial charge in [0.15, 0.2) is 12.0 Å². The minimum Gasteiger partial charge on any atom is -0.332 e. The van der Waals surface area contributed by atoms with E-state index in [2.05, 4.69) is 5.32 Å². The molecule has 0 saturated heterocycles. The van der Waals surface area contributed by atoms with E-state index in [0.717, 1.165) is 0 Å². The van der Waals surface area contributed by atoms with Gasteiger partial charge in [-0.1, -0.05) is 55.6 Å². The number of nitrogens with one attached hydrogen (secondary N) is 1. The summed E-state index contributed by atoms with van der Waals surface area (Å²) in [6.45, 7) is 5.46. The van der Waals surface area contributed by atoms with Crippen LogP contribution in [0.1, 0.15) is 27.0 Å². The van der Waals surface area contributed by atoms with Crippen molar-refractivity contribution in [3.63, 3.8) is 0 Å². The van der Waals surface area contributed by atoms with Crippen LogP contribution in [0.3, 0.4) is 0 Å². The van der Waals surface area contributed by atoms with Gasteiger partial charge >= 0.3 is 0 Å². The Labute approximate surface area is 144 Å². The van der Waals surface area contributed by atoms with Gasteiger partial charge in [0.1, 0.15) is 5.16 Å². The van der Waals surface area contributed by atoms with E-state index >= 15 is 0 Å². The lowest BCUT2D eigenvalue weighted by atomic mass is 9.89. The average molecular weight is 364 g/mol. The second kappa shape index (κ2) is 6.28. The van der Waals surface area contributed by atoms with Gasteiger partial charge in [-0.2, -0.15) is 0 Å². The normalized spacial score (nSPS) is 23.4. The predicted molar refractivity (Wildman–Crippen MR) is 88.6 cm³/mol. The molecule has 4 nitrogen and oxygen atoms in total. The highest BCUT2D eigenvalue weighted by molar-refractivity contribution is 6.36. The number of carbonyl (C=O) groups is 1.